The van der Waals surface area contributed by atoms with Crippen molar-refractivity contribution in [2.24, 2.45) is 0 Å². The number of allylic oxidation sites excluding steroid dienone is 1. The summed E-state index contributed by atoms with van der Waals surface area (Å²) in [5, 5.41) is 0. The first kappa shape index (κ1) is 11.3. The predicted octanol–water partition coefficient (Wildman–Crippen LogP) is 4.30. The molecule has 1 nitrogen and oxygen atoms in total. The standard InChI is InChI=1S/C15H20O/c1-12(2)13-8-10-15(11-9-13)16-14-6-4-3-5-7-14/h3-4,8-12,14H,5-7H2,1-2H3. The van der Waals surface area contributed by atoms with Crippen LogP contribution in [0.1, 0.15) is 44.6 Å². The van der Waals surface area contributed by atoms with Crippen molar-refractivity contribution >= 4 is 0 Å². The molecule has 0 amide bonds. The zero-order valence-corrected chi connectivity index (χ0v) is 10.1. The average molecular weight is 216 g/mol. The van der Waals surface area contributed by atoms with Gasteiger partial charge in [-0.05, 0) is 36.5 Å². The third-order valence-electron chi connectivity index (χ3n) is 3.07. The van der Waals surface area contributed by atoms with Gasteiger partial charge in [0.2, 0.25) is 0 Å². The van der Waals surface area contributed by atoms with E-state index in [4.69, 9.17) is 4.74 Å². The molecule has 1 aromatic rings. The monoisotopic (exact) mass is 216 g/mol. The van der Waals surface area contributed by atoms with E-state index < -0.39 is 0 Å². The Bertz CT molecular complexity index is 348. The van der Waals surface area contributed by atoms with E-state index in [1.165, 1.54) is 5.56 Å². The van der Waals surface area contributed by atoms with Gasteiger partial charge in [-0.1, -0.05) is 38.1 Å². The van der Waals surface area contributed by atoms with Gasteiger partial charge in [0.25, 0.3) is 0 Å². The molecule has 1 aromatic carbocycles. The van der Waals surface area contributed by atoms with Crippen molar-refractivity contribution in [3.8, 4) is 5.75 Å². The Kier molecular flexibility index (Phi) is 3.66. The maximum absolute atomic E-state index is 5.94. The van der Waals surface area contributed by atoms with Crippen LogP contribution in [0.4, 0.5) is 0 Å². The molecule has 86 valence electrons. The molecule has 1 heteroatoms. The lowest BCUT2D eigenvalue weighted by atomic mass is 10.0. The fraction of sp³-hybridized carbons (Fsp3) is 0.467. The maximum atomic E-state index is 5.94. The molecule has 0 N–H and O–H groups in total. The van der Waals surface area contributed by atoms with Crippen LogP contribution < -0.4 is 4.74 Å². The lowest BCUT2D eigenvalue weighted by Gasteiger charge is -2.20. The van der Waals surface area contributed by atoms with Crippen molar-refractivity contribution in [3.05, 3.63) is 42.0 Å². The molecule has 0 fully saturated rings. The van der Waals surface area contributed by atoms with Crippen LogP contribution in [0.3, 0.4) is 0 Å². The Hall–Kier alpha value is -1.24. The van der Waals surface area contributed by atoms with E-state index >= 15 is 0 Å². The van der Waals surface area contributed by atoms with Crippen LogP contribution in [-0.4, -0.2) is 6.10 Å². The molecule has 1 atom stereocenters. The highest BCUT2D eigenvalue weighted by molar-refractivity contribution is 5.29. The van der Waals surface area contributed by atoms with Gasteiger partial charge in [-0.3, -0.25) is 0 Å². The number of rotatable bonds is 3. The van der Waals surface area contributed by atoms with Gasteiger partial charge in [-0.15, -0.1) is 0 Å². The number of benzene rings is 1. The van der Waals surface area contributed by atoms with Crippen LogP contribution in [0.25, 0.3) is 0 Å². The molecule has 16 heavy (non-hydrogen) atoms. The Balaban J connectivity index is 1.96. The van der Waals surface area contributed by atoms with E-state index in [1.54, 1.807) is 0 Å². The topological polar surface area (TPSA) is 9.23 Å². The lowest BCUT2D eigenvalue weighted by Crippen LogP contribution is -2.17. The van der Waals surface area contributed by atoms with Gasteiger partial charge in [0, 0.05) is 6.42 Å². The number of hydrogen-bond donors (Lipinski definition) is 0. The highest BCUT2D eigenvalue weighted by atomic mass is 16.5. The van der Waals surface area contributed by atoms with Crippen molar-refractivity contribution in [1.29, 1.82) is 0 Å². The molecule has 0 aromatic heterocycles. The summed E-state index contributed by atoms with van der Waals surface area (Å²) in [6.45, 7) is 4.42. The normalized spacial score (nSPS) is 20.1. The predicted molar refractivity (Wildman–Crippen MR) is 67.9 cm³/mol. The molecular formula is C15H20O. The second-order valence-corrected chi connectivity index (χ2v) is 4.75. The van der Waals surface area contributed by atoms with Gasteiger partial charge in [0.05, 0.1) is 0 Å². The molecule has 1 unspecified atom stereocenters. The Labute approximate surface area is 98.1 Å². The van der Waals surface area contributed by atoms with Crippen LogP contribution in [-0.2, 0) is 0 Å². The SMILES string of the molecule is CC(C)c1ccc(OC2CC=CCC2)cc1. The van der Waals surface area contributed by atoms with E-state index in [0.717, 1.165) is 25.0 Å². The number of ether oxygens (including phenoxy) is 1. The molecule has 0 heterocycles. The van der Waals surface area contributed by atoms with Crippen molar-refractivity contribution < 1.29 is 4.74 Å². The molecule has 2 rings (SSSR count). The zero-order chi connectivity index (χ0) is 11.4. The van der Waals surface area contributed by atoms with Crippen molar-refractivity contribution in [2.45, 2.75) is 45.1 Å². The first-order valence-electron chi connectivity index (χ1n) is 6.17. The second-order valence-electron chi connectivity index (χ2n) is 4.75. The molecule has 0 saturated carbocycles. The van der Waals surface area contributed by atoms with E-state index in [9.17, 15) is 0 Å². The summed E-state index contributed by atoms with van der Waals surface area (Å²) in [5.74, 6) is 1.59. The maximum Gasteiger partial charge on any atom is 0.119 e. The molecule has 0 spiro atoms. The largest absolute Gasteiger partial charge is 0.490 e. The second kappa shape index (κ2) is 5.20. The minimum Gasteiger partial charge on any atom is -0.490 e. The van der Waals surface area contributed by atoms with Gasteiger partial charge < -0.3 is 4.74 Å². The zero-order valence-electron chi connectivity index (χ0n) is 10.1. The summed E-state index contributed by atoms with van der Waals surface area (Å²) in [7, 11) is 0. The lowest BCUT2D eigenvalue weighted by molar-refractivity contribution is 0.191. The average Bonchev–Trinajstić information content (AvgIpc) is 2.31. The minimum atomic E-state index is 0.370. The molecule has 0 radical (unpaired) electrons. The molecular weight excluding hydrogens is 196 g/mol. The van der Waals surface area contributed by atoms with Gasteiger partial charge in [0.1, 0.15) is 11.9 Å². The minimum absolute atomic E-state index is 0.370. The molecule has 1 aliphatic rings. The van der Waals surface area contributed by atoms with Crippen molar-refractivity contribution in [3.63, 3.8) is 0 Å². The van der Waals surface area contributed by atoms with Crippen LogP contribution >= 0.6 is 0 Å². The van der Waals surface area contributed by atoms with E-state index in [0.29, 0.717) is 12.0 Å². The van der Waals surface area contributed by atoms with Crippen molar-refractivity contribution in [2.75, 3.05) is 0 Å². The molecule has 0 bridgehead atoms. The summed E-state index contributed by atoms with van der Waals surface area (Å²) >= 11 is 0. The van der Waals surface area contributed by atoms with Crippen molar-refractivity contribution in [1.82, 2.24) is 0 Å². The van der Waals surface area contributed by atoms with Crippen LogP contribution in [0, 0.1) is 0 Å². The number of hydrogen-bond acceptors (Lipinski definition) is 1. The molecule has 0 aliphatic heterocycles. The van der Waals surface area contributed by atoms with Crippen LogP contribution in [0.15, 0.2) is 36.4 Å². The Morgan fingerprint density at radius 3 is 2.44 bits per heavy atom. The fourth-order valence-electron chi connectivity index (χ4n) is 2.00. The highest BCUT2D eigenvalue weighted by Crippen LogP contribution is 2.22. The summed E-state index contributed by atoms with van der Waals surface area (Å²) in [5.41, 5.74) is 1.37. The quantitative estimate of drug-likeness (QED) is 0.684. The van der Waals surface area contributed by atoms with Crippen LogP contribution in [0.5, 0.6) is 5.75 Å². The molecule has 0 saturated heterocycles. The summed E-state index contributed by atoms with van der Waals surface area (Å²) in [6, 6.07) is 8.51. The van der Waals surface area contributed by atoms with Gasteiger partial charge in [0.15, 0.2) is 0 Å². The van der Waals surface area contributed by atoms with Gasteiger partial charge in [-0.25, -0.2) is 0 Å². The highest BCUT2D eigenvalue weighted by Gasteiger charge is 2.11. The Morgan fingerprint density at radius 2 is 1.88 bits per heavy atom. The van der Waals surface area contributed by atoms with Gasteiger partial charge >= 0.3 is 0 Å². The molecule has 1 aliphatic carbocycles. The third-order valence-corrected chi connectivity index (χ3v) is 3.07. The summed E-state index contributed by atoms with van der Waals surface area (Å²) < 4.78 is 5.94. The van der Waals surface area contributed by atoms with Gasteiger partial charge in [-0.2, -0.15) is 0 Å². The Morgan fingerprint density at radius 1 is 1.12 bits per heavy atom. The smallest absolute Gasteiger partial charge is 0.119 e. The van der Waals surface area contributed by atoms with Crippen LogP contribution in [0.2, 0.25) is 0 Å². The van der Waals surface area contributed by atoms with E-state index in [-0.39, 0.29) is 0 Å². The first-order chi connectivity index (χ1) is 7.75. The van der Waals surface area contributed by atoms with E-state index in [1.807, 2.05) is 0 Å². The first-order valence-corrected chi connectivity index (χ1v) is 6.17. The summed E-state index contributed by atoms with van der Waals surface area (Å²) in [6.07, 6.45) is 8.16. The van der Waals surface area contributed by atoms with E-state index in [2.05, 4.69) is 50.3 Å². The fourth-order valence-corrected chi connectivity index (χ4v) is 2.00. The third kappa shape index (κ3) is 2.88. The summed E-state index contributed by atoms with van der Waals surface area (Å²) in [4.78, 5) is 0.